The summed E-state index contributed by atoms with van der Waals surface area (Å²) in [6.45, 7) is 0.650. The first-order valence-corrected chi connectivity index (χ1v) is 10.8. The summed E-state index contributed by atoms with van der Waals surface area (Å²) in [5.41, 5.74) is -0.00759. The number of halogens is 4. The second kappa shape index (κ2) is 8.20. The Morgan fingerprint density at radius 1 is 1.26 bits per heavy atom. The zero-order chi connectivity index (χ0) is 19.6. The van der Waals surface area contributed by atoms with Crippen LogP contribution in [-0.2, 0) is 12.7 Å². The number of aryl methyl sites for hydroxylation is 1. The topological polar surface area (TPSA) is 34.4 Å². The van der Waals surface area contributed by atoms with Crippen LogP contribution in [-0.4, -0.2) is 22.5 Å². The molecule has 0 unspecified atom stereocenters. The van der Waals surface area contributed by atoms with Gasteiger partial charge in [0.2, 0.25) is 0 Å². The quantitative estimate of drug-likeness (QED) is 0.493. The van der Waals surface area contributed by atoms with E-state index in [0.29, 0.717) is 11.3 Å². The molecule has 0 N–H and O–H groups in total. The number of rotatable bonds is 4. The third kappa shape index (κ3) is 4.64. The van der Waals surface area contributed by atoms with E-state index in [1.807, 2.05) is 29.0 Å². The van der Waals surface area contributed by atoms with Crippen molar-refractivity contribution in [1.82, 2.24) is 4.57 Å². The Balaban J connectivity index is 2.08. The molecule has 0 bridgehead atoms. The van der Waals surface area contributed by atoms with Crippen LogP contribution in [0.3, 0.4) is 0 Å². The lowest BCUT2D eigenvalue weighted by Gasteiger charge is -2.07. The molecular formula is C18H14BrF3N2OS2. The lowest BCUT2D eigenvalue weighted by atomic mass is 10.1. The molecule has 3 rings (SSSR count). The fourth-order valence-corrected chi connectivity index (χ4v) is 4.48. The van der Waals surface area contributed by atoms with Gasteiger partial charge >= 0.3 is 6.18 Å². The molecule has 0 radical (unpaired) electrons. The minimum absolute atomic E-state index is 0.0834. The molecule has 3 nitrogen and oxygen atoms in total. The van der Waals surface area contributed by atoms with Gasteiger partial charge in [0, 0.05) is 22.3 Å². The molecule has 0 saturated carbocycles. The molecule has 0 saturated heterocycles. The van der Waals surface area contributed by atoms with Crippen molar-refractivity contribution < 1.29 is 18.0 Å². The van der Waals surface area contributed by atoms with Crippen LogP contribution in [0.15, 0.2) is 51.9 Å². The largest absolute Gasteiger partial charge is 0.416 e. The van der Waals surface area contributed by atoms with Gasteiger partial charge in [-0.25, -0.2) is 0 Å². The van der Waals surface area contributed by atoms with Gasteiger partial charge in [-0.3, -0.25) is 4.79 Å². The molecule has 1 amide bonds. The summed E-state index contributed by atoms with van der Waals surface area (Å²) < 4.78 is 42.4. The van der Waals surface area contributed by atoms with Crippen molar-refractivity contribution in [3.63, 3.8) is 0 Å². The highest BCUT2D eigenvalue weighted by Gasteiger charge is 2.30. The van der Waals surface area contributed by atoms with Crippen molar-refractivity contribution in [2.75, 3.05) is 12.0 Å². The van der Waals surface area contributed by atoms with Gasteiger partial charge in [0.25, 0.3) is 5.91 Å². The number of hydrogen-bond acceptors (Lipinski definition) is 3. The molecule has 0 fully saturated rings. The molecule has 0 aliphatic carbocycles. The molecule has 1 aromatic heterocycles. The molecule has 0 aliphatic rings. The minimum Gasteiger partial charge on any atom is -0.316 e. The second-order valence-corrected chi connectivity index (χ2v) is 8.55. The third-order valence-corrected chi connectivity index (χ3v) is 5.92. The number of thioether (sulfide) groups is 1. The summed E-state index contributed by atoms with van der Waals surface area (Å²) >= 11 is 6.42. The maximum absolute atomic E-state index is 12.9. The number of carbonyl (C=O) groups is 1. The van der Waals surface area contributed by atoms with Crippen LogP contribution in [0, 0.1) is 0 Å². The first-order chi connectivity index (χ1) is 12.8. The van der Waals surface area contributed by atoms with E-state index in [4.69, 9.17) is 0 Å². The van der Waals surface area contributed by atoms with Gasteiger partial charge in [0.15, 0.2) is 4.80 Å². The molecule has 142 valence electrons. The Kier molecular flexibility index (Phi) is 6.12. The number of benzene rings is 2. The first kappa shape index (κ1) is 20.2. The van der Waals surface area contributed by atoms with Crippen LogP contribution in [0.5, 0.6) is 0 Å². The van der Waals surface area contributed by atoms with E-state index in [9.17, 15) is 18.0 Å². The average molecular weight is 475 g/mol. The summed E-state index contributed by atoms with van der Waals surface area (Å²) in [7, 11) is 0. The molecule has 3 aromatic rings. The van der Waals surface area contributed by atoms with Crippen LogP contribution in [0.2, 0.25) is 0 Å². The predicted octanol–water partition coefficient (Wildman–Crippen LogP) is 5.59. The fraction of sp³-hybridized carbons (Fsp3) is 0.222. The zero-order valence-corrected chi connectivity index (χ0v) is 17.3. The van der Waals surface area contributed by atoms with Crippen LogP contribution in [0.25, 0.3) is 10.2 Å². The van der Waals surface area contributed by atoms with Gasteiger partial charge in [0.1, 0.15) is 0 Å². The number of hydrogen-bond donors (Lipinski definition) is 0. The molecule has 0 atom stereocenters. The zero-order valence-electron chi connectivity index (χ0n) is 14.1. The average Bonchev–Trinajstić information content (AvgIpc) is 2.95. The smallest absolute Gasteiger partial charge is 0.316 e. The number of nitrogens with zero attached hydrogens (tertiary/aromatic N) is 2. The highest BCUT2D eigenvalue weighted by atomic mass is 79.9. The maximum atomic E-state index is 12.9. The van der Waals surface area contributed by atoms with E-state index in [0.717, 1.165) is 32.6 Å². The Labute approximate surface area is 170 Å². The predicted molar refractivity (Wildman–Crippen MR) is 107 cm³/mol. The molecule has 0 aliphatic heterocycles. The van der Waals surface area contributed by atoms with Crippen molar-refractivity contribution in [2.45, 2.75) is 12.7 Å². The Bertz CT molecular complexity index is 1060. The molecule has 0 spiro atoms. The van der Waals surface area contributed by atoms with E-state index in [1.54, 1.807) is 11.8 Å². The highest BCUT2D eigenvalue weighted by molar-refractivity contribution is 9.10. The van der Waals surface area contributed by atoms with E-state index >= 15 is 0 Å². The Morgan fingerprint density at radius 2 is 2.04 bits per heavy atom. The van der Waals surface area contributed by atoms with Crippen LogP contribution in [0.1, 0.15) is 15.9 Å². The van der Waals surface area contributed by atoms with Gasteiger partial charge in [0.05, 0.1) is 15.8 Å². The van der Waals surface area contributed by atoms with E-state index in [-0.39, 0.29) is 5.56 Å². The number of fused-ring (bicyclic) bond motifs is 1. The van der Waals surface area contributed by atoms with Crippen LogP contribution in [0.4, 0.5) is 13.2 Å². The minimum atomic E-state index is -4.50. The van der Waals surface area contributed by atoms with Crippen molar-refractivity contribution in [1.29, 1.82) is 0 Å². The van der Waals surface area contributed by atoms with E-state index in [1.165, 1.54) is 23.5 Å². The first-order valence-electron chi connectivity index (χ1n) is 7.84. The van der Waals surface area contributed by atoms with Gasteiger partial charge < -0.3 is 4.57 Å². The third-order valence-electron chi connectivity index (χ3n) is 3.80. The number of alkyl halides is 3. The van der Waals surface area contributed by atoms with Crippen LogP contribution >= 0.6 is 39.0 Å². The summed E-state index contributed by atoms with van der Waals surface area (Å²) in [5, 5.41) is 0. The summed E-state index contributed by atoms with van der Waals surface area (Å²) in [6, 6.07) is 10.1. The fourth-order valence-electron chi connectivity index (χ4n) is 2.51. The van der Waals surface area contributed by atoms with Crippen molar-refractivity contribution >= 4 is 55.2 Å². The van der Waals surface area contributed by atoms with Crippen LogP contribution < -0.4 is 4.80 Å². The highest BCUT2D eigenvalue weighted by Crippen LogP contribution is 2.29. The van der Waals surface area contributed by atoms with Crippen molar-refractivity contribution in [2.24, 2.45) is 4.99 Å². The lowest BCUT2D eigenvalue weighted by molar-refractivity contribution is -0.137. The standard InChI is InChI=1S/C18H14BrF3N2OS2/c1-26-8-7-24-14-6-5-13(19)10-15(14)27-17(24)23-16(25)11-3-2-4-12(9-11)18(20,21)22/h2-6,9-10H,7-8H2,1H3. The van der Waals surface area contributed by atoms with Gasteiger partial charge in [-0.2, -0.15) is 29.9 Å². The number of amides is 1. The summed E-state index contributed by atoms with van der Waals surface area (Å²) in [5.74, 6) is 0.136. The molecule has 1 heterocycles. The molecule has 9 heteroatoms. The van der Waals surface area contributed by atoms with Gasteiger partial charge in [-0.15, -0.1) is 0 Å². The number of carbonyl (C=O) groups excluding carboxylic acids is 1. The van der Waals surface area contributed by atoms with Crippen molar-refractivity contribution in [3.8, 4) is 0 Å². The number of aromatic nitrogens is 1. The maximum Gasteiger partial charge on any atom is 0.416 e. The number of thiazole rings is 1. The van der Waals surface area contributed by atoms with Crippen molar-refractivity contribution in [3.05, 3.63) is 62.9 Å². The Morgan fingerprint density at radius 3 is 2.74 bits per heavy atom. The SMILES string of the molecule is CSCCn1c(=NC(=O)c2cccc(C(F)(F)F)c2)sc2cc(Br)ccc21. The summed E-state index contributed by atoms with van der Waals surface area (Å²) in [6.07, 6.45) is -2.52. The molecule has 27 heavy (non-hydrogen) atoms. The van der Waals surface area contributed by atoms with Gasteiger partial charge in [-0.05, 0) is 42.7 Å². The van der Waals surface area contributed by atoms with E-state index < -0.39 is 17.6 Å². The normalized spacial score (nSPS) is 12.7. The Hall–Kier alpha value is -1.58. The lowest BCUT2D eigenvalue weighted by Crippen LogP contribution is -2.18. The molecular weight excluding hydrogens is 461 g/mol. The van der Waals surface area contributed by atoms with E-state index in [2.05, 4.69) is 20.9 Å². The van der Waals surface area contributed by atoms with Gasteiger partial charge in [-0.1, -0.05) is 33.3 Å². The molecule has 2 aromatic carbocycles. The summed E-state index contributed by atoms with van der Waals surface area (Å²) in [4.78, 5) is 17.1. The second-order valence-electron chi connectivity index (χ2n) is 5.64. The monoisotopic (exact) mass is 474 g/mol.